The normalized spacial score (nSPS) is 12.3. The summed E-state index contributed by atoms with van der Waals surface area (Å²) >= 11 is 3.03. The molecule has 1 aromatic carbocycles. The van der Waals surface area contributed by atoms with Crippen LogP contribution in [-0.2, 0) is 0 Å². The van der Waals surface area contributed by atoms with Crippen molar-refractivity contribution in [1.29, 1.82) is 0 Å². The molecule has 0 aliphatic rings. The third-order valence-corrected chi connectivity index (χ3v) is 4.02. The van der Waals surface area contributed by atoms with Gasteiger partial charge in [-0.15, -0.1) is 0 Å². The van der Waals surface area contributed by atoms with Crippen molar-refractivity contribution < 1.29 is 14.3 Å². The zero-order valence-electron chi connectivity index (χ0n) is 11.4. The van der Waals surface area contributed by atoms with Gasteiger partial charge in [-0.25, -0.2) is 9.18 Å². The molecule has 0 aliphatic carbocycles. The standard InChI is InChI=1S/C14H19BrFNO2/c1-4-9(3)8-17(5-2)11-7-6-10(14(18)19)12(15)13(11)16/h6-7,9H,4-5,8H2,1-3H3,(H,18,19). The van der Waals surface area contributed by atoms with Crippen molar-refractivity contribution in [2.75, 3.05) is 18.0 Å². The molecule has 1 atom stereocenters. The lowest BCUT2D eigenvalue weighted by Crippen LogP contribution is -2.29. The first kappa shape index (κ1) is 16.0. The van der Waals surface area contributed by atoms with Crippen LogP contribution in [0.3, 0.4) is 0 Å². The molecule has 0 saturated heterocycles. The summed E-state index contributed by atoms with van der Waals surface area (Å²) in [7, 11) is 0. The van der Waals surface area contributed by atoms with Crippen molar-refractivity contribution in [2.45, 2.75) is 27.2 Å². The molecule has 0 heterocycles. The highest BCUT2D eigenvalue weighted by molar-refractivity contribution is 9.10. The minimum Gasteiger partial charge on any atom is -0.478 e. The zero-order chi connectivity index (χ0) is 14.6. The number of nitrogens with zero attached hydrogens (tertiary/aromatic N) is 1. The Morgan fingerprint density at radius 1 is 1.47 bits per heavy atom. The molecule has 0 radical (unpaired) electrons. The first-order chi connectivity index (χ1) is 8.92. The number of rotatable bonds is 6. The van der Waals surface area contributed by atoms with E-state index in [0.717, 1.165) is 13.0 Å². The quantitative estimate of drug-likeness (QED) is 0.850. The molecule has 19 heavy (non-hydrogen) atoms. The lowest BCUT2D eigenvalue weighted by atomic mass is 10.1. The van der Waals surface area contributed by atoms with Gasteiger partial charge in [0.2, 0.25) is 0 Å². The van der Waals surface area contributed by atoms with Gasteiger partial charge in [0.25, 0.3) is 0 Å². The van der Waals surface area contributed by atoms with Crippen molar-refractivity contribution >= 4 is 27.6 Å². The Morgan fingerprint density at radius 2 is 2.11 bits per heavy atom. The Kier molecular flexibility index (Phi) is 5.79. The van der Waals surface area contributed by atoms with Crippen LogP contribution in [0.1, 0.15) is 37.6 Å². The maximum absolute atomic E-state index is 14.3. The van der Waals surface area contributed by atoms with E-state index in [4.69, 9.17) is 5.11 Å². The third kappa shape index (κ3) is 3.69. The molecule has 3 nitrogen and oxygen atoms in total. The van der Waals surface area contributed by atoms with Crippen LogP contribution < -0.4 is 4.90 Å². The summed E-state index contributed by atoms with van der Waals surface area (Å²) in [5.74, 6) is -1.19. The van der Waals surface area contributed by atoms with Gasteiger partial charge in [0, 0.05) is 13.1 Å². The average molecular weight is 332 g/mol. The molecule has 1 N–H and O–H groups in total. The van der Waals surface area contributed by atoms with E-state index in [-0.39, 0.29) is 10.0 Å². The van der Waals surface area contributed by atoms with Crippen molar-refractivity contribution in [2.24, 2.45) is 5.92 Å². The minimum atomic E-state index is -1.14. The molecule has 5 heteroatoms. The first-order valence-corrected chi connectivity index (χ1v) is 7.17. The number of anilines is 1. The summed E-state index contributed by atoms with van der Waals surface area (Å²) in [6.45, 7) is 7.60. The number of benzene rings is 1. The first-order valence-electron chi connectivity index (χ1n) is 6.38. The molecule has 0 bridgehead atoms. The van der Waals surface area contributed by atoms with Gasteiger partial charge in [0.05, 0.1) is 15.7 Å². The van der Waals surface area contributed by atoms with E-state index >= 15 is 0 Å². The second-order valence-electron chi connectivity index (χ2n) is 4.62. The van der Waals surface area contributed by atoms with Crippen LogP contribution in [0.15, 0.2) is 16.6 Å². The molecule has 0 aromatic heterocycles. The van der Waals surface area contributed by atoms with Crippen LogP contribution in [-0.4, -0.2) is 24.2 Å². The average Bonchev–Trinajstić information content (AvgIpc) is 2.38. The number of aromatic carboxylic acids is 1. The molecular weight excluding hydrogens is 313 g/mol. The van der Waals surface area contributed by atoms with Crippen LogP contribution in [0.2, 0.25) is 0 Å². The van der Waals surface area contributed by atoms with E-state index in [1.54, 1.807) is 0 Å². The largest absolute Gasteiger partial charge is 0.478 e. The molecule has 1 aromatic rings. The Morgan fingerprint density at radius 3 is 2.58 bits per heavy atom. The van der Waals surface area contributed by atoms with Gasteiger partial charge in [-0.05, 0) is 40.9 Å². The highest BCUT2D eigenvalue weighted by Gasteiger charge is 2.19. The summed E-state index contributed by atoms with van der Waals surface area (Å²) in [6, 6.07) is 2.97. The van der Waals surface area contributed by atoms with Gasteiger partial charge < -0.3 is 10.0 Å². The van der Waals surface area contributed by atoms with Crippen LogP contribution in [0.4, 0.5) is 10.1 Å². The Labute approximate surface area is 121 Å². The fourth-order valence-electron chi connectivity index (χ4n) is 1.85. The topological polar surface area (TPSA) is 40.5 Å². The van der Waals surface area contributed by atoms with Crippen molar-refractivity contribution in [3.8, 4) is 0 Å². The Bertz CT molecular complexity index is 465. The Hall–Kier alpha value is -1.10. The van der Waals surface area contributed by atoms with Gasteiger partial charge in [0.15, 0.2) is 5.82 Å². The second-order valence-corrected chi connectivity index (χ2v) is 5.41. The summed E-state index contributed by atoms with van der Waals surface area (Å²) in [6.07, 6.45) is 1.02. The Balaban J connectivity index is 3.12. The number of carboxylic acid groups (broad SMARTS) is 1. The van der Waals surface area contributed by atoms with E-state index in [1.807, 2.05) is 11.8 Å². The van der Waals surface area contributed by atoms with E-state index in [1.165, 1.54) is 12.1 Å². The van der Waals surface area contributed by atoms with Gasteiger partial charge >= 0.3 is 5.97 Å². The monoisotopic (exact) mass is 331 g/mol. The predicted molar refractivity (Wildman–Crippen MR) is 78.4 cm³/mol. The molecule has 0 amide bonds. The molecule has 0 fully saturated rings. The zero-order valence-corrected chi connectivity index (χ0v) is 13.0. The summed E-state index contributed by atoms with van der Waals surface area (Å²) in [5.41, 5.74) is 0.389. The molecular formula is C14H19BrFNO2. The number of carbonyl (C=O) groups is 1. The summed E-state index contributed by atoms with van der Waals surface area (Å²) < 4.78 is 14.3. The summed E-state index contributed by atoms with van der Waals surface area (Å²) in [5, 5.41) is 8.95. The van der Waals surface area contributed by atoms with Gasteiger partial charge in [-0.1, -0.05) is 20.3 Å². The van der Waals surface area contributed by atoms with Crippen LogP contribution in [0, 0.1) is 11.7 Å². The van der Waals surface area contributed by atoms with E-state index in [2.05, 4.69) is 29.8 Å². The lowest BCUT2D eigenvalue weighted by molar-refractivity contribution is 0.0695. The molecule has 1 unspecified atom stereocenters. The lowest BCUT2D eigenvalue weighted by Gasteiger charge is -2.27. The van der Waals surface area contributed by atoms with Crippen LogP contribution in [0.25, 0.3) is 0 Å². The third-order valence-electron chi connectivity index (χ3n) is 3.24. The fraction of sp³-hybridized carbons (Fsp3) is 0.500. The van der Waals surface area contributed by atoms with E-state index in [9.17, 15) is 9.18 Å². The molecule has 106 valence electrons. The van der Waals surface area contributed by atoms with E-state index < -0.39 is 11.8 Å². The van der Waals surface area contributed by atoms with Crippen molar-refractivity contribution in [1.82, 2.24) is 0 Å². The number of carboxylic acids is 1. The second kappa shape index (κ2) is 6.89. The van der Waals surface area contributed by atoms with Gasteiger partial charge in [0.1, 0.15) is 0 Å². The maximum Gasteiger partial charge on any atom is 0.336 e. The predicted octanol–water partition coefficient (Wildman–Crippen LogP) is 4.16. The van der Waals surface area contributed by atoms with Crippen LogP contribution in [0.5, 0.6) is 0 Å². The number of halogens is 2. The summed E-state index contributed by atoms with van der Waals surface area (Å²) in [4.78, 5) is 12.9. The maximum atomic E-state index is 14.3. The highest BCUT2D eigenvalue weighted by atomic mass is 79.9. The van der Waals surface area contributed by atoms with Gasteiger partial charge in [-0.3, -0.25) is 0 Å². The van der Waals surface area contributed by atoms with Gasteiger partial charge in [-0.2, -0.15) is 0 Å². The van der Waals surface area contributed by atoms with Crippen molar-refractivity contribution in [3.05, 3.63) is 28.0 Å². The van der Waals surface area contributed by atoms with Crippen LogP contribution >= 0.6 is 15.9 Å². The smallest absolute Gasteiger partial charge is 0.336 e. The number of hydrogen-bond donors (Lipinski definition) is 1. The fourth-order valence-corrected chi connectivity index (χ4v) is 2.36. The molecule has 0 spiro atoms. The highest BCUT2D eigenvalue weighted by Crippen LogP contribution is 2.30. The van der Waals surface area contributed by atoms with E-state index in [0.29, 0.717) is 18.2 Å². The minimum absolute atomic E-state index is 0.0140. The SMILES string of the molecule is CCC(C)CN(CC)c1ccc(C(=O)O)c(Br)c1F. The van der Waals surface area contributed by atoms with Crippen molar-refractivity contribution in [3.63, 3.8) is 0 Å². The molecule has 0 aliphatic heterocycles. The molecule has 0 saturated carbocycles. The number of hydrogen-bond acceptors (Lipinski definition) is 2. The molecule has 1 rings (SSSR count).